The molecule has 0 aromatic heterocycles. The predicted octanol–water partition coefficient (Wildman–Crippen LogP) is 3.21. The monoisotopic (exact) mass is 274 g/mol. The second kappa shape index (κ2) is 6.78. The molecule has 3 unspecified atom stereocenters. The summed E-state index contributed by atoms with van der Waals surface area (Å²) in [5.74, 6) is 1.54. The second-order valence-corrected chi connectivity index (χ2v) is 6.15. The molecule has 0 radical (unpaired) electrons. The van der Waals surface area contributed by atoms with Crippen LogP contribution in [0.5, 0.6) is 0 Å². The number of carbonyl (C=O) groups is 1. The molecule has 3 nitrogen and oxygen atoms in total. The van der Waals surface area contributed by atoms with E-state index in [1.165, 1.54) is 19.3 Å². The van der Waals surface area contributed by atoms with Crippen LogP contribution >= 0.6 is 0 Å². The molecule has 2 rings (SSSR count). The molecule has 1 amide bonds. The molecule has 110 valence electrons. The fraction of sp³-hybridized carbons (Fsp3) is 0.588. The molecule has 0 aliphatic heterocycles. The van der Waals surface area contributed by atoms with Crippen molar-refractivity contribution in [2.45, 2.75) is 45.6 Å². The highest BCUT2D eigenvalue weighted by atomic mass is 16.1. The Morgan fingerprint density at radius 2 is 2.00 bits per heavy atom. The Kier molecular flexibility index (Phi) is 5.05. The smallest absolute Gasteiger partial charge is 0.224 e. The Labute approximate surface area is 122 Å². The molecule has 0 bridgehead atoms. The average molecular weight is 274 g/mol. The molecule has 0 spiro atoms. The number of hydrogen-bond acceptors (Lipinski definition) is 2. The van der Waals surface area contributed by atoms with Gasteiger partial charge in [0, 0.05) is 18.8 Å². The van der Waals surface area contributed by atoms with Gasteiger partial charge in [0.2, 0.25) is 5.91 Å². The average Bonchev–Trinajstić information content (AvgIpc) is 2.44. The normalized spacial score (nSPS) is 26.1. The van der Waals surface area contributed by atoms with Crippen molar-refractivity contribution in [2.75, 3.05) is 12.4 Å². The van der Waals surface area contributed by atoms with Crippen LogP contribution in [0.25, 0.3) is 0 Å². The second-order valence-electron chi connectivity index (χ2n) is 6.15. The van der Waals surface area contributed by atoms with Crippen molar-refractivity contribution in [1.29, 1.82) is 0 Å². The van der Waals surface area contributed by atoms with Crippen LogP contribution in [0.1, 0.15) is 38.7 Å². The number of benzene rings is 1. The lowest BCUT2D eigenvalue weighted by atomic mass is 9.80. The molecule has 20 heavy (non-hydrogen) atoms. The number of likely N-dealkylation sites (N-methyl/N-ethyl adjacent to an activating group) is 1. The number of rotatable bonds is 4. The van der Waals surface area contributed by atoms with Crippen LogP contribution in [0.3, 0.4) is 0 Å². The number of para-hydroxylation sites is 1. The first kappa shape index (κ1) is 14.9. The van der Waals surface area contributed by atoms with Crippen LogP contribution in [-0.2, 0) is 11.2 Å². The molecule has 2 N–H and O–H groups in total. The van der Waals surface area contributed by atoms with Gasteiger partial charge in [0.15, 0.2) is 0 Å². The summed E-state index contributed by atoms with van der Waals surface area (Å²) in [5.41, 5.74) is 2.19. The van der Waals surface area contributed by atoms with Crippen LogP contribution in [-0.4, -0.2) is 19.0 Å². The van der Waals surface area contributed by atoms with E-state index in [0.717, 1.165) is 17.2 Å². The SMILES string of the molecule is CNC(=O)Cc1ccccc1NC1CC(C)CCC1C. The van der Waals surface area contributed by atoms with Gasteiger partial charge in [-0.1, -0.05) is 38.5 Å². The van der Waals surface area contributed by atoms with Gasteiger partial charge in [-0.2, -0.15) is 0 Å². The van der Waals surface area contributed by atoms with Gasteiger partial charge in [-0.05, 0) is 36.3 Å². The fourth-order valence-corrected chi connectivity index (χ4v) is 3.01. The van der Waals surface area contributed by atoms with E-state index in [4.69, 9.17) is 0 Å². The van der Waals surface area contributed by atoms with Gasteiger partial charge in [-0.25, -0.2) is 0 Å². The van der Waals surface area contributed by atoms with E-state index >= 15 is 0 Å². The summed E-state index contributed by atoms with van der Waals surface area (Å²) in [4.78, 5) is 11.6. The first-order chi connectivity index (χ1) is 9.60. The maximum Gasteiger partial charge on any atom is 0.224 e. The molecule has 0 saturated heterocycles. The van der Waals surface area contributed by atoms with Crippen molar-refractivity contribution >= 4 is 11.6 Å². The highest BCUT2D eigenvalue weighted by molar-refractivity contribution is 5.80. The summed E-state index contributed by atoms with van der Waals surface area (Å²) in [5, 5.41) is 6.37. The van der Waals surface area contributed by atoms with Crippen LogP contribution in [0, 0.1) is 11.8 Å². The van der Waals surface area contributed by atoms with E-state index in [2.05, 4.69) is 30.5 Å². The quantitative estimate of drug-likeness (QED) is 0.885. The van der Waals surface area contributed by atoms with E-state index in [0.29, 0.717) is 18.4 Å². The zero-order valence-corrected chi connectivity index (χ0v) is 12.8. The summed E-state index contributed by atoms with van der Waals surface area (Å²) >= 11 is 0. The summed E-state index contributed by atoms with van der Waals surface area (Å²) < 4.78 is 0. The van der Waals surface area contributed by atoms with Crippen molar-refractivity contribution in [3.8, 4) is 0 Å². The van der Waals surface area contributed by atoms with Crippen LogP contribution in [0.15, 0.2) is 24.3 Å². The number of nitrogens with one attached hydrogen (secondary N) is 2. The fourth-order valence-electron chi connectivity index (χ4n) is 3.01. The Balaban J connectivity index is 2.10. The van der Waals surface area contributed by atoms with Crippen molar-refractivity contribution in [3.63, 3.8) is 0 Å². The van der Waals surface area contributed by atoms with Crippen molar-refractivity contribution in [1.82, 2.24) is 5.32 Å². The number of amides is 1. The third kappa shape index (κ3) is 3.75. The molecule has 1 aliphatic carbocycles. The van der Waals surface area contributed by atoms with Gasteiger partial charge >= 0.3 is 0 Å². The minimum Gasteiger partial charge on any atom is -0.382 e. The molecular weight excluding hydrogens is 248 g/mol. The molecule has 1 saturated carbocycles. The minimum absolute atomic E-state index is 0.0595. The maximum atomic E-state index is 11.6. The zero-order chi connectivity index (χ0) is 14.5. The summed E-state index contributed by atoms with van der Waals surface area (Å²) in [6.07, 6.45) is 4.28. The Hall–Kier alpha value is -1.51. The minimum atomic E-state index is 0.0595. The highest BCUT2D eigenvalue weighted by Gasteiger charge is 2.25. The van der Waals surface area contributed by atoms with E-state index < -0.39 is 0 Å². The van der Waals surface area contributed by atoms with E-state index in [9.17, 15) is 4.79 Å². The number of hydrogen-bond donors (Lipinski definition) is 2. The van der Waals surface area contributed by atoms with Gasteiger partial charge in [0.1, 0.15) is 0 Å². The van der Waals surface area contributed by atoms with Crippen molar-refractivity contribution in [3.05, 3.63) is 29.8 Å². The third-order valence-corrected chi connectivity index (χ3v) is 4.45. The molecule has 1 aromatic rings. The van der Waals surface area contributed by atoms with Crippen LogP contribution in [0.2, 0.25) is 0 Å². The van der Waals surface area contributed by atoms with Gasteiger partial charge in [0.05, 0.1) is 6.42 Å². The van der Waals surface area contributed by atoms with E-state index in [1.807, 2.05) is 18.2 Å². The summed E-state index contributed by atoms with van der Waals surface area (Å²) in [6, 6.07) is 8.67. The first-order valence-corrected chi connectivity index (χ1v) is 7.65. The van der Waals surface area contributed by atoms with E-state index in [-0.39, 0.29) is 5.91 Å². The third-order valence-electron chi connectivity index (χ3n) is 4.45. The lowest BCUT2D eigenvalue weighted by Crippen LogP contribution is -2.34. The predicted molar refractivity (Wildman–Crippen MR) is 83.8 cm³/mol. The Morgan fingerprint density at radius 3 is 2.75 bits per heavy atom. The lowest BCUT2D eigenvalue weighted by Gasteiger charge is -2.34. The van der Waals surface area contributed by atoms with Crippen LogP contribution < -0.4 is 10.6 Å². The van der Waals surface area contributed by atoms with Gasteiger partial charge in [-0.15, -0.1) is 0 Å². The van der Waals surface area contributed by atoms with E-state index in [1.54, 1.807) is 7.05 Å². The highest BCUT2D eigenvalue weighted by Crippen LogP contribution is 2.31. The van der Waals surface area contributed by atoms with Gasteiger partial charge in [0.25, 0.3) is 0 Å². The largest absolute Gasteiger partial charge is 0.382 e. The zero-order valence-electron chi connectivity index (χ0n) is 12.8. The molecule has 3 atom stereocenters. The molecule has 1 aromatic carbocycles. The standard InChI is InChI=1S/C17H26N2O/c1-12-8-9-13(2)16(10-12)19-15-7-5-4-6-14(15)11-17(20)18-3/h4-7,12-13,16,19H,8-11H2,1-3H3,(H,18,20). The van der Waals surface area contributed by atoms with Gasteiger partial charge in [-0.3, -0.25) is 4.79 Å². The van der Waals surface area contributed by atoms with Crippen LogP contribution in [0.4, 0.5) is 5.69 Å². The molecular formula is C17H26N2O. The Morgan fingerprint density at radius 1 is 1.25 bits per heavy atom. The lowest BCUT2D eigenvalue weighted by molar-refractivity contribution is -0.119. The molecule has 0 heterocycles. The first-order valence-electron chi connectivity index (χ1n) is 7.65. The molecule has 1 fully saturated rings. The Bertz CT molecular complexity index is 458. The molecule has 3 heteroatoms. The topological polar surface area (TPSA) is 41.1 Å². The summed E-state index contributed by atoms with van der Waals surface area (Å²) in [7, 11) is 1.68. The number of carbonyl (C=O) groups excluding carboxylic acids is 1. The maximum absolute atomic E-state index is 11.6. The number of anilines is 1. The molecule has 1 aliphatic rings. The summed E-state index contributed by atoms with van der Waals surface area (Å²) in [6.45, 7) is 4.65. The van der Waals surface area contributed by atoms with Gasteiger partial charge < -0.3 is 10.6 Å². The van der Waals surface area contributed by atoms with Crippen molar-refractivity contribution in [2.24, 2.45) is 11.8 Å². The van der Waals surface area contributed by atoms with Crippen molar-refractivity contribution < 1.29 is 4.79 Å².